The maximum absolute atomic E-state index is 4.35. The molecule has 14 heavy (non-hydrogen) atoms. The second-order valence-corrected chi connectivity index (χ2v) is 4.67. The van der Waals surface area contributed by atoms with E-state index >= 15 is 0 Å². The van der Waals surface area contributed by atoms with Crippen LogP contribution in [0.1, 0.15) is 33.4 Å². The fourth-order valence-electron chi connectivity index (χ4n) is 1.48. The fourth-order valence-corrected chi connectivity index (χ4v) is 1.48. The molecule has 1 aromatic heterocycles. The van der Waals surface area contributed by atoms with Crippen molar-refractivity contribution in [3.63, 3.8) is 0 Å². The summed E-state index contributed by atoms with van der Waals surface area (Å²) in [6, 6.07) is 2.08. The van der Waals surface area contributed by atoms with Crippen molar-refractivity contribution in [2.24, 2.45) is 5.92 Å². The average molecular weight is 195 g/mol. The van der Waals surface area contributed by atoms with Crippen molar-refractivity contribution < 1.29 is 0 Å². The van der Waals surface area contributed by atoms with Gasteiger partial charge in [0.2, 0.25) is 0 Å². The van der Waals surface area contributed by atoms with Crippen LogP contribution in [0, 0.1) is 5.92 Å². The lowest BCUT2D eigenvalue weighted by Crippen LogP contribution is -2.36. The Balaban J connectivity index is 2.92. The molecule has 0 saturated heterocycles. The third-order valence-electron chi connectivity index (χ3n) is 2.52. The molecule has 0 unspecified atom stereocenters. The minimum atomic E-state index is -0.00854. The van der Waals surface area contributed by atoms with E-state index in [4.69, 9.17) is 0 Å². The number of aromatic nitrogens is 2. The number of rotatable bonds is 4. The Morgan fingerprint density at radius 1 is 1.50 bits per heavy atom. The molecule has 0 fully saturated rings. The Labute approximate surface area is 86.5 Å². The maximum Gasteiger partial charge on any atom is 0.0579 e. The smallest absolute Gasteiger partial charge is 0.0579 e. The van der Waals surface area contributed by atoms with Gasteiger partial charge in [0.05, 0.1) is 11.2 Å². The zero-order valence-corrected chi connectivity index (χ0v) is 9.83. The molecule has 1 N–H and O–H groups in total. The van der Waals surface area contributed by atoms with Gasteiger partial charge in [-0.2, -0.15) is 5.10 Å². The van der Waals surface area contributed by atoms with E-state index in [0.29, 0.717) is 5.92 Å². The quantitative estimate of drug-likeness (QED) is 0.796. The summed E-state index contributed by atoms with van der Waals surface area (Å²) in [6.07, 6.45) is 1.87. The van der Waals surface area contributed by atoms with E-state index in [-0.39, 0.29) is 5.54 Å². The average Bonchev–Trinajstić information content (AvgIpc) is 2.52. The second kappa shape index (κ2) is 4.13. The van der Waals surface area contributed by atoms with Gasteiger partial charge in [0.1, 0.15) is 0 Å². The van der Waals surface area contributed by atoms with Crippen molar-refractivity contribution in [2.45, 2.75) is 39.8 Å². The molecule has 0 saturated carbocycles. The molecule has 1 rings (SSSR count). The van der Waals surface area contributed by atoms with Crippen LogP contribution in [0.15, 0.2) is 12.3 Å². The molecule has 1 aromatic rings. The first-order valence-electron chi connectivity index (χ1n) is 5.18. The van der Waals surface area contributed by atoms with Gasteiger partial charge in [0, 0.05) is 12.7 Å². The number of nitrogens with one attached hydrogen (secondary N) is 1. The molecule has 0 aliphatic rings. The van der Waals surface area contributed by atoms with E-state index in [1.54, 1.807) is 0 Å². The first-order valence-corrected chi connectivity index (χ1v) is 5.18. The largest absolute Gasteiger partial charge is 0.310 e. The van der Waals surface area contributed by atoms with Crippen molar-refractivity contribution in [3.8, 4) is 0 Å². The standard InChI is InChI=1S/C11H21N3/c1-9(2)8-14-10(6-7-13-14)11(3,4)12-5/h6-7,9,12H,8H2,1-5H3. The summed E-state index contributed by atoms with van der Waals surface area (Å²) in [7, 11) is 1.98. The molecule has 3 heteroatoms. The summed E-state index contributed by atoms with van der Waals surface area (Å²) in [6.45, 7) is 9.73. The minimum Gasteiger partial charge on any atom is -0.310 e. The topological polar surface area (TPSA) is 29.9 Å². The molecule has 0 amide bonds. The molecule has 3 nitrogen and oxygen atoms in total. The third-order valence-corrected chi connectivity index (χ3v) is 2.52. The highest BCUT2D eigenvalue weighted by Crippen LogP contribution is 2.19. The monoisotopic (exact) mass is 195 g/mol. The molecule has 0 aliphatic carbocycles. The number of hydrogen-bond acceptors (Lipinski definition) is 2. The summed E-state index contributed by atoms with van der Waals surface area (Å²) in [4.78, 5) is 0. The molecule has 0 bridgehead atoms. The Morgan fingerprint density at radius 3 is 2.64 bits per heavy atom. The van der Waals surface area contributed by atoms with E-state index in [1.807, 2.05) is 13.2 Å². The Hall–Kier alpha value is -0.830. The van der Waals surface area contributed by atoms with Gasteiger partial charge < -0.3 is 5.32 Å². The van der Waals surface area contributed by atoms with Crippen LogP contribution in [0.5, 0.6) is 0 Å². The molecule has 0 atom stereocenters. The van der Waals surface area contributed by atoms with E-state index in [0.717, 1.165) is 6.54 Å². The summed E-state index contributed by atoms with van der Waals surface area (Å²) >= 11 is 0. The lowest BCUT2D eigenvalue weighted by atomic mass is 10.0. The van der Waals surface area contributed by atoms with E-state index in [1.165, 1.54) is 5.69 Å². The highest BCUT2D eigenvalue weighted by molar-refractivity contribution is 5.12. The molecule has 0 radical (unpaired) electrons. The van der Waals surface area contributed by atoms with Gasteiger partial charge in [0.15, 0.2) is 0 Å². The van der Waals surface area contributed by atoms with Crippen molar-refractivity contribution >= 4 is 0 Å². The highest BCUT2D eigenvalue weighted by Gasteiger charge is 2.22. The lowest BCUT2D eigenvalue weighted by Gasteiger charge is -2.25. The van der Waals surface area contributed by atoms with Crippen LogP contribution < -0.4 is 5.32 Å². The normalized spacial score (nSPS) is 12.4. The van der Waals surface area contributed by atoms with Gasteiger partial charge in [-0.3, -0.25) is 4.68 Å². The molecule has 0 spiro atoms. The summed E-state index contributed by atoms with van der Waals surface area (Å²) in [5.74, 6) is 0.626. The van der Waals surface area contributed by atoms with E-state index in [2.05, 4.69) is 48.9 Å². The molecular weight excluding hydrogens is 174 g/mol. The lowest BCUT2D eigenvalue weighted by molar-refractivity contribution is 0.375. The van der Waals surface area contributed by atoms with Gasteiger partial charge >= 0.3 is 0 Å². The number of nitrogens with zero attached hydrogens (tertiary/aromatic N) is 2. The fraction of sp³-hybridized carbons (Fsp3) is 0.727. The molecular formula is C11H21N3. The first-order chi connectivity index (χ1) is 6.47. The van der Waals surface area contributed by atoms with Crippen LogP contribution in [0.2, 0.25) is 0 Å². The van der Waals surface area contributed by atoms with E-state index < -0.39 is 0 Å². The van der Waals surface area contributed by atoms with Gasteiger partial charge in [-0.25, -0.2) is 0 Å². The van der Waals surface area contributed by atoms with Crippen molar-refractivity contribution in [2.75, 3.05) is 7.05 Å². The second-order valence-electron chi connectivity index (χ2n) is 4.67. The minimum absolute atomic E-state index is 0.00854. The Morgan fingerprint density at radius 2 is 2.14 bits per heavy atom. The third kappa shape index (κ3) is 2.35. The van der Waals surface area contributed by atoms with Gasteiger partial charge in [-0.05, 0) is 32.9 Å². The summed E-state index contributed by atoms with van der Waals surface area (Å²) in [5, 5.41) is 7.64. The predicted octanol–water partition coefficient (Wildman–Crippen LogP) is 1.99. The summed E-state index contributed by atoms with van der Waals surface area (Å²) in [5.41, 5.74) is 1.24. The van der Waals surface area contributed by atoms with Crippen LogP contribution in [0.3, 0.4) is 0 Å². The molecule has 80 valence electrons. The van der Waals surface area contributed by atoms with Gasteiger partial charge in [-0.15, -0.1) is 0 Å². The summed E-state index contributed by atoms with van der Waals surface area (Å²) < 4.78 is 2.08. The van der Waals surface area contributed by atoms with Gasteiger partial charge in [-0.1, -0.05) is 13.8 Å². The predicted molar refractivity (Wildman–Crippen MR) is 59.2 cm³/mol. The van der Waals surface area contributed by atoms with Crippen LogP contribution >= 0.6 is 0 Å². The maximum atomic E-state index is 4.35. The number of hydrogen-bond donors (Lipinski definition) is 1. The molecule has 1 heterocycles. The molecule has 0 aromatic carbocycles. The van der Waals surface area contributed by atoms with Gasteiger partial charge in [0.25, 0.3) is 0 Å². The highest BCUT2D eigenvalue weighted by atomic mass is 15.3. The Kier molecular flexibility index (Phi) is 3.32. The zero-order chi connectivity index (χ0) is 10.8. The van der Waals surface area contributed by atoms with Crippen LogP contribution in [0.25, 0.3) is 0 Å². The van der Waals surface area contributed by atoms with Crippen molar-refractivity contribution in [1.82, 2.24) is 15.1 Å². The van der Waals surface area contributed by atoms with Crippen LogP contribution in [0.4, 0.5) is 0 Å². The zero-order valence-electron chi connectivity index (χ0n) is 9.83. The van der Waals surface area contributed by atoms with E-state index in [9.17, 15) is 0 Å². The van der Waals surface area contributed by atoms with Crippen LogP contribution in [-0.4, -0.2) is 16.8 Å². The first kappa shape index (κ1) is 11.2. The Bertz CT molecular complexity index is 286. The SMILES string of the molecule is CNC(C)(C)c1ccnn1CC(C)C. The van der Waals surface area contributed by atoms with Crippen molar-refractivity contribution in [1.29, 1.82) is 0 Å². The van der Waals surface area contributed by atoms with Crippen molar-refractivity contribution in [3.05, 3.63) is 18.0 Å². The van der Waals surface area contributed by atoms with Crippen LogP contribution in [-0.2, 0) is 12.1 Å². The molecule has 0 aliphatic heterocycles.